The monoisotopic (exact) mass is 205 g/mol. The zero-order valence-electron chi connectivity index (χ0n) is 8.28. The molecule has 1 aromatic carbocycles. The molecule has 0 aromatic heterocycles. The molecular formula is C11H11NO3. The largest absolute Gasteiger partial charge is 0.478 e. The van der Waals surface area contributed by atoms with Crippen LogP contribution in [0.3, 0.4) is 0 Å². The molecule has 0 unspecified atom stereocenters. The van der Waals surface area contributed by atoms with E-state index in [1.165, 1.54) is 6.07 Å². The van der Waals surface area contributed by atoms with Crippen molar-refractivity contribution in [2.45, 2.75) is 6.92 Å². The number of carboxylic acid groups (broad SMARTS) is 1. The van der Waals surface area contributed by atoms with Gasteiger partial charge in [-0.15, -0.1) is 0 Å². The lowest BCUT2D eigenvalue weighted by Gasteiger charge is -2.05. The second-order valence-electron chi connectivity index (χ2n) is 3.03. The van der Waals surface area contributed by atoms with Gasteiger partial charge in [0, 0.05) is 5.69 Å². The number of benzene rings is 1. The van der Waals surface area contributed by atoms with Crippen LogP contribution in [0.5, 0.6) is 0 Å². The lowest BCUT2D eigenvalue weighted by molar-refractivity contribution is -0.111. The molecule has 15 heavy (non-hydrogen) atoms. The van der Waals surface area contributed by atoms with Crippen molar-refractivity contribution in [1.29, 1.82) is 0 Å². The van der Waals surface area contributed by atoms with Crippen LogP contribution in [0.4, 0.5) is 5.69 Å². The van der Waals surface area contributed by atoms with E-state index in [-0.39, 0.29) is 11.5 Å². The molecule has 0 aliphatic rings. The van der Waals surface area contributed by atoms with Crippen molar-refractivity contribution in [1.82, 2.24) is 0 Å². The lowest BCUT2D eigenvalue weighted by Crippen LogP contribution is -2.09. The summed E-state index contributed by atoms with van der Waals surface area (Å²) in [6, 6.07) is 4.70. The fraction of sp³-hybridized carbons (Fsp3) is 0.0909. The Balaban J connectivity index is 3.02. The Hall–Kier alpha value is -2.10. The molecule has 0 saturated heterocycles. The van der Waals surface area contributed by atoms with E-state index in [1.807, 2.05) is 0 Å². The predicted molar refractivity (Wildman–Crippen MR) is 57.0 cm³/mol. The number of aryl methyl sites for hydroxylation is 1. The molecule has 0 saturated carbocycles. The number of amides is 1. The van der Waals surface area contributed by atoms with Crippen LogP contribution in [-0.2, 0) is 4.79 Å². The summed E-state index contributed by atoms with van der Waals surface area (Å²) in [6.07, 6.45) is 1.13. The summed E-state index contributed by atoms with van der Waals surface area (Å²) in [6.45, 7) is 5.00. The average molecular weight is 205 g/mol. The van der Waals surface area contributed by atoms with Gasteiger partial charge >= 0.3 is 5.97 Å². The molecule has 0 heterocycles. The van der Waals surface area contributed by atoms with Crippen molar-refractivity contribution in [3.8, 4) is 0 Å². The van der Waals surface area contributed by atoms with Crippen molar-refractivity contribution >= 4 is 17.6 Å². The molecule has 4 heteroatoms. The molecule has 0 atom stereocenters. The van der Waals surface area contributed by atoms with E-state index in [0.29, 0.717) is 11.3 Å². The second-order valence-corrected chi connectivity index (χ2v) is 3.03. The van der Waals surface area contributed by atoms with Gasteiger partial charge in [-0.3, -0.25) is 4.79 Å². The van der Waals surface area contributed by atoms with Gasteiger partial charge in [0.2, 0.25) is 5.91 Å². The Labute approximate surface area is 87.2 Å². The molecule has 0 bridgehead atoms. The van der Waals surface area contributed by atoms with E-state index in [9.17, 15) is 9.59 Å². The van der Waals surface area contributed by atoms with Gasteiger partial charge < -0.3 is 10.4 Å². The Morgan fingerprint density at radius 3 is 2.67 bits per heavy atom. The summed E-state index contributed by atoms with van der Waals surface area (Å²) in [5.74, 6) is -1.38. The molecule has 78 valence electrons. The van der Waals surface area contributed by atoms with Gasteiger partial charge in [-0.2, -0.15) is 0 Å². The standard InChI is InChI=1S/C11H11NO3/c1-3-10(13)12-8-5-4-7(2)9(6-8)11(14)15/h3-6H,1H2,2H3,(H,12,13)(H,14,15). The van der Waals surface area contributed by atoms with Crippen molar-refractivity contribution in [3.05, 3.63) is 42.0 Å². The first kappa shape index (κ1) is 11.0. The van der Waals surface area contributed by atoms with Gasteiger partial charge in [0.1, 0.15) is 0 Å². The lowest BCUT2D eigenvalue weighted by atomic mass is 10.1. The molecule has 0 aliphatic carbocycles. The SMILES string of the molecule is C=CC(=O)Nc1ccc(C)c(C(=O)O)c1. The van der Waals surface area contributed by atoms with Crippen LogP contribution in [0.25, 0.3) is 0 Å². The second kappa shape index (κ2) is 4.41. The summed E-state index contributed by atoms with van der Waals surface area (Å²) in [4.78, 5) is 21.8. The van der Waals surface area contributed by atoms with E-state index in [0.717, 1.165) is 6.08 Å². The minimum Gasteiger partial charge on any atom is -0.478 e. The van der Waals surface area contributed by atoms with Gasteiger partial charge in [0.15, 0.2) is 0 Å². The Morgan fingerprint density at radius 2 is 2.13 bits per heavy atom. The summed E-state index contributed by atoms with van der Waals surface area (Å²) < 4.78 is 0. The maximum atomic E-state index is 11.0. The summed E-state index contributed by atoms with van der Waals surface area (Å²) in [5.41, 5.74) is 1.28. The minimum absolute atomic E-state index is 0.178. The molecule has 4 nitrogen and oxygen atoms in total. The Bertz CT molecular complexity index is 424. The summed E-state index contributed by atoms with van der Waals surface area (Å²) in [5, 5.41) is 11.3. The number of aromatic carboxylic acids is 1. The van der Waals surface area contributed by atoms with Crippen LogP contribution < -0.4 is 5.32 Å². The van der Waals surface area contributed by atoms with Gasteiger partial charge in [-0.25, -0.2) is 4.79 Å². The average Bonchev–Trinajstić information content (AvgIpc) is 2.20. The molecule has 1 aromatic rings. The Morgan fingerprint density at radius 1 is 1.47 bits per heavy atom. The number of anilines is 1. The highest BCUT2D eigenvalue weighted by Crippen LogP contribution is 2.15. The zero-order chi connectivity index (χ0) is 11.4. The highest BCUT2D eigenvalue weighted by Gasteiger charge is 2.08. The Kier molecular flexibility index (Phi) is 3.23. The minimum atomic E-state index is -1.01. The fourth-order valence-corrected chi connectivity index (χ4v) is 1.12. The number of hydrogen-bond acceptors (Lipinski definition) is 2. The maximum absolute atomic E-state index is 11.0. The van der Waals surface area contributed by atoms with Crippen LogP contribution >= 0.6 is 0 Å². The molecule has 2 N–H and O–H groups in total. The predicted octanol–water partition coefficient (Wildman–Crippen LogP) is 1.82. The van der Waals surface area contributed by atoms with Crippen molar-refractivity contribution in [2.24, 2.45) is 0 Å². The summed E-state index contributed by atoms with van der Waals surface area (Å²) in [7, 11) is 0. The molecule has 1 rings (SSSR count). The zero-order valence-corrected chi connectivity index (χ0v) is 8.28. The van der Waals surface area contributed by atoms with E-state index in [1.54, 1.807) is 19.1 Å². The first-order valence-corrected chi connectivity index (χ1v) is 4.32. The van der Waals surface area contributed by atoms with E-state index in [2.05, 4.69) is 11.9 Å². The molecule has 0 radical (unpaired) electrons. The maximum Gasteiger partial charge on any atom is 0.336 e. The van der Waals surface area contributed by atoms with Gasteiger partial charge in [-0.05, 0) is 30.7 Å². The fourth-order valence-electron chi connectivity index (χ4n) is 1.12. The van der Waals surface area contributed by atoms with Crippen molar-refractivity contribution in [3.63, 3.8) is 0 Å². The van der Waals surface area contributed by atoms with Crippen LogP contribution in [0.15, 0.2) is 30.9 Å². The van der Waals surface area contributed by atoms with Crippen LogP contribution in [0.1, 0.15) is 15.9 Å². The first-order valence-electron chi connectivity index (χ1n) is 4.32. The molecule has 0 spiro atoms. The quantitative estimate of drug-likeness (QED) is 0.739. The van der Waals surface area contributed by atoms with Gasteiger partial charge in [0.05, 0.1) is 5.56 Å². The topological polar surface area (TPSA) is 66.4 Å². The smallest absolute Gasteiger partial charge is 0.336 e. The highest BCUT2D eigenvalue weighted by molar-refractivity contribution is 6.00. The van der Waals surface area contributed by atoms with Crippen molar-refractivity contribution < 1.29 is 14.7 Å². The van der Waals surface area contributed by atoms with Gasteiger partial charge in [-0.1, -0.05) is 12.6 Å². The number of hydrogen-bond donors (Lipinski definition) is 2. The summed E-state index contributed by atoms with van der Waals surface area (Å²) >= 11 is 0. The van der Waals surface area contributed by atoms with E-state index in [4.69, 9.17) is 5.11 Å². The molecular weight excluding hydrogens is 194 g/mol. The number of nitrogens with one attached hydrogen (secondary N) is 1. The number of carboxylic acids is 1. The van der Waals surface area contributed by atoms with Crippen LogP contribution in [0.2, 0.25) is 0 Å². The third-order valence-electron chi connectivity index (χ3n) is 1.92. The third-order valence-corrected chi connectivity index (χ3v) is 1.92. The van der Waals surface area contributed by atoms with Crippen LogP contribution in [0, 0.1) is 6.92 Å². The first-order chi connectivity index (χ1) is 7.04. The van der Waals surface area contributed by atoms with E-state index < -0.39 is 5.97 Å². The highest BCUT2D eigenvalue weighted by atomic mass is 16.4. The number of carbonyl (C=O) groups is 2. The van der Waals surface area contributed by atoms with Gasteiger partial charge in [0.25, 0.3) is 0 Å². The van der Waals surface area contributed by atoms with E-state index >= 15 is 0 Å². The molecule has 0 aliphatic heterocycles. The van der Waals surface area contributed by atoms with Crippen LogP contribution in [-0.4, -0.2) is 17.0 Å². The molecule has 1 amide bonds. The molecule has 0 fully saturated rings. The normalized spacial score (nSPS) is 9.40. The number of rotatable bonds is 3. The number of carbonyl (C=O) groups excluding carboxylic acids is 1. The van der Waals surface area contributed by atoms with Crippen molar-refractivity contribution in [2.75, 3.05) is 5.32 Å². The third kappa shape index (κ3) is 2.67.